The molecule has 1 aromatic heterocycles. The molecule has 4 rings (SSSR count). The average Bonchev–Trinajstić information content (AvgIpc) is 3.18. The van der Waals surface area contributed by atoms with Crippen molar-refractivity contribution in [3.63, 3.8) is 0 Å². The van der Waals surface area contributed by atoms with Gasteiger partial charge in [-0.25, -0.2) is 0 Å². The van der Waals surface area contributed by atoms with Gasteiger partial charge in [0, 0.05) is 5.16 Å². The molecular formula is C22H24N2O7. The van der Waals surface area contributed by atoms with E-state index in [9.17, 15) is 5.21 Å². The molecule has 2 heterocycles. The van der Waals surface area contributed by atoms with Crippen molar-refractivity contribution in [1.82, 2.24) is 5.16 Å². The summed E-state index contributed by atoms with van der Waals surface area (Å²) in [5.74, 6) is 1.10. The first-order valence-corrected chi connectivity index (χ1v) is 10.1. The van der Waals surface area contributed by atoms with Crippen molar-refractivity contribution >= 4 is 0 Å². The van der Waals surface area contributed by atoms with Gasteiger partial charge in [-0.1, -0.05) is 24.3 Å². The molecule has 0 fully saturated rings. The fourth-order valence-corrected chi connectivity index (χ4v) is 3.19. The molecule has 0 aliphatic carbocycles. The number of fused-ring (bicyclic) bond motifs is 5. The van der Waals surface area contributed by atoms with Crippen LogP contribution in [0, 0.1) is 5.21 Å². The van der Waals surface area contributed by atoms with Gasteiger partial charge >= 0.3 is 0 Å². The molecule has 0 bridgehead atoms. The zero-order valence-electron chi connectivity index (χ0n) is 17.0. The third-order valence-corrected chi connectivity index (χ3v) is 4.61. The van der Waals surface area contributed by atoms with E-state index < -0.39 is 0 Å². The maximum Gasteiger partial charge on any atom is 0.260 e. The van der Waals surface area contributed by atoms with E-state index in [1.165, 1.54) is 0 Å². The molecule has 3 aromatic rings. The molecule has 9 nitrogen and oxygen atoms in total. The Morgan fingerprint density at radius 3 is 1.74 bits per heavy atom. The van der Waals surface area contributed by atoms with E-state index in [-0.39, 0.29) is 5.69 Å². The predicted octanol–water partition coefficient (Wildman–Crippen LogP) is 2.46. The van der Waals surface area contributed by atoms with Gasteiger partial charge in [0.05, 0.1) is 50.8 Å². The first kappa shape index (κ1) is 21.1. The lowest BCUT2D eigenvalue weighted by molar-refractivity contribution is -0.793. The predicted molar refractivity (Wildman–Crippen MR) is 110 cm³/mol. The monoisotopic (exact) mass is 428 g/mol. The summed E-state index contributed by atoms with van der Waals surface area (Å²) in [6, 6.07) is 14.6. The maximum absolute atomic E-state index is 12.5. The lowest BCUT2D eigenvalue weighted by Crippen LogP contribution is -2.25. The molecule has 1 aliphatic heterocycles. The second kappa shape index (κ2) is 10.8. The highest BCUT2D eigenvalue weighted by atomic mass is 16.8. The SMILES string of the molecule is [O-][n+]1onc2c1-c1ccccc1OCCOCCOCCOCCOc1ccccc1-2. The van der Waals surface area contributed by atoms with E-state index in [1.807, 2.05) is 36.4 Å². The number of rotatable bonds is 0. The summed E-state index contributed by atoms with van der Waals surface area (Å²) in [6.07, 6.45) is 0. The lowest BCUT2D eigenvalue weighted by Gasteiger charge is -2.11. The number of aromatic nitrogens is 2. The van der Waals surface area contributed by atoms with Crippen LogP contribution in [0.3, 0.4) is 0 Å². The van der Waals surface area contributed by atoms with Gasteiger partial charge in [0.1, 0.15) is 24.7 Å². The fourth-order valence-electron chi connectivity index (χ4n) is 3.19. The number of hydrogen-bond donors (Lipinski definition) is 0. The Bertz CT molecular complexity index is 976. The highest BCUT2D eigenvalue weighted by Gasteiger charge is 2.27. The molecule has 0 saturated heterocycles. The molecule has 164 valence electrons. The summed E-state index contributed by atoms with van der Waals surface area (Å²) in [4.78, 5) is 0.383. The van der Waals surface area contributed by atoms with Crippen molar-refractivity contribution in [1.29, 1.82) is 0 Å². The van der Waals surface area contributed by atoms with Gasteiger partial charge in [0.15, 0.2) is 0 Å². The summed E-state index contributed by atoms with van der Waals surface area (Å²) in [6.45, 7) is 3.33. The van der Waals surface area contributed by atoms with Crippen LogP contribution in [0.15, 0.2) is 53.2 Å². The van der Waals surface area contributed by atoms with Crippen molar-refractivity contribution in [3.8, 4) is 34.0 Å². The third-order valence-electron chi connectivity index (χ3n) is 4.61. The summed E-state index contributed by atoms with van der Waals surface area (Å²) >= 11 is 0. The van der Waals surface area contributed by atoms with Gasteiger partial charge in [-0.2, -0.15) is 0 Å². The van der Waals surface area contributed by atoms with Crippen LogP contribution in [-0.4, -0.2) is 58.0 Å². The van der Waals surface area contributed by atoms with Crippen LogP contribution < -0.4 is 14.4 Å². The highest BCUT2D eigenvalue weighted by molar-refractivity contribution is 5.81. The Hall–Kier alpha value is -3.14. The van der Waals surface area contributed by atoms with Gasteiger partial charge in [0.2, 0.25) is 5.69 Å². The van der Waals surface area contributed by atoms with Gasteiger partial charge < -0.3 is 28.9 Å². The van der Waals surface area contributed by atoms with Gasteiger partial charge in [-0.05, 0) is 29.2 Å². The number of nitrogens with zero attached hydrogens (tertiary/aromatic N) is 2. The largest absolute Gasteiger partial charge is 0.490 e. The van der Waals surface area contributed by atoms with Crippen LogP contribution in [-0.2, 0) is 14.2 Å². The maximum atomic E-state index is 12.5. The molecule has 0 amide bonds. The number of benzene rings is 2. The standard InChI is InChI=1S/C22H24N2O7/c25-24-22-18-6-2-4-8-20(18)30-16-14-28-12-10-26-9-11-27-13-15-29-19-7-3-1-5-17(19)21(22)23-31-24/h1-8H,9-16H2. The fraction of sp³-hybridized carbons (Fsp3) is 0.364. The molecule has 2 aromatic carbocycles. The van der Waals surface area contributed by atoms with E-state index >= 15 is 0 Å². The van der Waals surface area contributed by atoms with E-state index in [0.29, 0.717) is 86.1 Å². The van der Waals surface area contributed by atoms with Crippen LogP contribution in [0.25, 0.3) is 22.5 Å². The Morgan fingerprint density at radius 2 is 1.13 bits per heavy atom. The Morgan fingerprint density at radius 1 is 0.645 bits per heavy atom. The van der Waals surface area contributed by atoms with Crippen LogP contribution >= 0.6 is 0 Å². The van der Waals surface area contributed by atoms with Crippen LogP contribution in [0.4, 0.5) is 0 Å². The second-order valence-electron chi connectivity index (χ2n) is 6.65. The van der Waals surface area contributed by atoms with Gasteiger partial charge in [-0.15, -0.1) is 0 Å². The molecule has 0 N–H and O–H groups in total. The zero-order valence-corrected chi connectivity index (χ0v) is 17.0. The van der Waals surface area contributed by atoms with E-state index in [0.717, 1.165) is 0 Å². The van der Waals surface area contributed by atoms with Gasteiger partial charge in [0.25, 0.3) is 5.69 Å². The third kappa shape index (κ3) is 5.32. The number of ether oxygens (including phenoxy) is 5. The Kier molecular flexibility index (Phi) is 7.32. The van der Waals surface area contributed by atoms with Crippen LogP contribution in [0.2, 0.25) is 0 Å². The van der Waals surface area contributed by atoms with Crippen molar-refractivity contribution < 1.29 is 33.2 Å². The minimum Gasteiger partial charge on any atom is -0.490 e. The Balaban J connectivity index is 1.68. The minimum atomic E-state index is 0.245. The van der Waals surface area contributed by atoms with Crippen molar-refractivity contribution in [2.75, 3.05) is 52.9 Å². The zero-order chi connectivity index (χ0) is 21.3. The smallest absolute Gasteiger partial charge is 0.260 e. The first-order valence-electron chi connectivity index (χ1n) is 10.1. The van der Waals surface area contributed by atoms with E-state index in [2.05, 4.69) is 5.16 Å². The summed E-state index contributed by atoms with van der Waals surface area (Å²) in [5, 5.41) is 16.5. The Labute approximate surface area is 179 Å². The molecule has 0 atom stereocenters. The molecule has 31 heavy (non-hydrogen) atoms. The quantitative estimate of drug-likeness (QED) is 0.504. The molecular weight excluding hydrogens is 404 g/mol. The van der Waals surface area contributed by atoms with Crippen LogP contribution in [0.5, 0.6) is 11.5 Å². The van der Waals surface area contributed by atoms with Crippen molar-refractivity contribution in [3.05, 3.63) is 53.7 Å². The minimum absolute atomic E-state index is 0.245. The molecule has 9 heteroatoms. The molecule has 1 aliphatic rings. The summed E-state index contributed by atoms with van der Waals surface area (Å²) in [5.41, 5.74) is 1.81. The summed E-state index contributed by atoms with van der Waals surface area (Å²) < 4.78 is 33.3. The average molecular weight is 428 g/mol. The number of hydrogen-bond acceptors (Lipinski definition) is 8. The molecule has 0 radical (unpaired) electrons. The summed E-state index contributed by atoms with van der Waals surface area (Å²) in [7, 11) is 0. The van der Waals surface area contributed by atoms with Crippen molar-refractivity contribution in [2.24, 2.45) is 0 Å². The molecule has 0 saturated carbocycles. The van der Waals surface area contributed by atoms with E-state index in [4.69, 9.17) is 28.3 Å². The molecule has 0 spiro atoms. The second-order valence-corrected chi connectivity index (χ2v) is 6.65. The molecule has 0 unspecified atom stereocenters. The lowest BCUT2D eigenvalue weighted by atomic mass is 10.0. The first-order chi connectivity index (χ1) is 15.3. The van der Waals surface area contributed by atoms with Crippen molar-refractivity contribution in [2.45, 2.75) is 0 Å². The van der Waals surface area contributed by atoms with Crippen LogP contribution in [0.1, 0.15) is 0 Å². The highest BCUT2D eigenvalue weighted by Crippen LogP contribution is 2.37. The topological polar surface area (TPSA) is 99.1 Å². The number of para-hydroxylation sites is 2. The normalized spacial score (nSPS) is 16.3. The van der Waals surface area contributed by atoms with E-state index in [1.54, 1.807) is 12.1 Å². The van der Waals surface area contributed by atoms with Gasteiger partial charge in [-0.3, -0.25) is 4.63 Å².